The monoisotopic (exact) mass is 284 g/mol. The largest absolute Gasteiger partial charge is 0.393 e. The number of benzene rings is 1. The molecule has 0 aliphatic carbocycles. The van der Waals surface area contributed by atoms with Gasteiger partial charge in [-0.15, -0.1) is 0 Å². The SMILES string of the molecule is OC1CCOC(CCc2ccc(Br)cc2)C1. The minimum absolute atomic E-state index is 0.163. The molecule has 2 unspecified atom stereocenters. The zero-order chi connectivity index (χ0) is 11.4. The van der Waals surface area contributed by atoms with Crippen molar-refractivity contribution in [3.05, 3.63) is 34.3 Å². The summed E-state index contributed by atoms with van der Waals surface area (Å²) in [5.74, 6) is 0. The summed E-state index contributed by atoms with van der Waals surface area (Å²) in [6.07, 6.45) is 3.66. The van der Waals surface area contributed by atoms with Crippen molar-refractivity contribution in [1.82, 2.24) is 0 Å². The van der Waals surface area contributed by atoms with Gasteiger partial charge in [0.05, 0.1) is 12.2 Å². The summed E-state index contributed by atoms with van der Waals surface area (Å²) in [6, 6.07) is 8.38. The number of aryl methyl sites for hydroxylation is 1. The Hall–Kier alpha value is -0.380. The molecular weight excluding hydrogens is 268 g/mol. The maximum Gasteiger partial charge on any atom is 0.0603 e. The summed E-state index contributed by atoms with van der Waals surface area (Å²) in [5.41, 5.74) is 1.33. The van der Waals surface area contributed by atoms with Gasteiger partial charge in [-0.2, -0.15) is 0 Å². The summed E-state index contributed by atoms with van der Waals surface area (Å²) in [5, 5.41) is 9.53. The molecule has 1 N–H and O–H groups in total. The van der Waals surface area contributed by atoms with Gasteiger partial charge in [-0.1, -0.05) is 28.1 Å². The van der Waals surface area contributed by atoms with E-state index in [-0.39, 0.29) is 12.2 Å². The first-order valence-electron chi connectivity index (χ1n) is 5.78. The molecule has 1 heterocycles. The fraction of sp³-hybridized carbons (Fsp3) is 0.538. The van der Waals surface area contributed by atoms with Gasteiger partial charge in [-0.05, 0) is 43.4 Å². The first kappa shape index (κ1) is 12.1. The van der Waals surface area contributed by atoms with Crippen LogP contribution in [0.3, 0.4) is 0 Å². The average molecular weight is 285 g/mol. The Labute approximate surface area is 105 Å². The fourth-order valence-corrected chi connectivity index (χ4v) is 2.30. The van der Waals surface area contributed by atoms with Gasteiger partial charge < -0.3 is 9.84 Å². The minimum Gasteiger partial charge on any atom is -0.393 e. The third kappa shape index (κ3) is 3.58. The van der Waals surface area contributed by atoms with Crippen molar-refractivity contribution in [2.24, 2.45) is 0 Å². The molecule has 0 spiro atoms. The molecule has 1 saturated heterocycles. The molecule has 16 heavy (non-hydrogen) atoms. The van der Waals surface area contributed by atoms with Crippen LogP contribution >= 0.6 is 15.9 Å². The minimum atomic E-state index is -0.163. The number of ether oxygens (including phenoxy) is 1. The van der Waals surface area contributed by atoms with Crippen LogP contribution in [0.25, 0.3) is 0 Å². The van der Waals surface area contributed by atoms with Crippen LogP contribution in [0, 0.1) is 0 Å². The van der Waals surface area contributed by atoms with Crippen molar-refractivity contribution < 1.29 is 9.84 Å². The number of hydrogen-bond donors (Lipinski definition) is 1. The molecule has 1 aliphatic rings. The Morgan fingerprint density at radius 1 is 1.31 bits per heavy atom. The van der Waals surface area contributed by atoms with Gasteiger partial charge in [0, 0.05) is 11.1 Å². The van der Waals surface area contributed by atoms with E-state index in [1.54, 1.807) is 0 Å². The molecule has 1 fully saturated rings. The fourth-order valence-electron chi connectivity index (χ4n) is 2.04. The van der Waals surface area contributed by atoms with Gasteiger partial charge in [0.2, 0.25) is 0 Å². The lowest BCUT2D eigenvalue weighted by Crippen LogP contribution is -2.29. The summed E-state index contributed by atoms with van der Waals surface area (Å²) < 4.78 is 6.74. The van der Waals surface area contributed by atoms with Gasteiger partial charge in [-0.25, -0.2) is 0 Å². The molecule has 0 bridgehead atoms. The van der Waals surface area contributed by atoms with Crippen molar-refractivity contribution >= 4 is 15.9 Å². The Bertz CT molecular complexity index is 323. The van der Waals surface area contributed by atoms with E-state index >= 15 is 0 Å². The van der Waals surface area contributed by atoms with E-state index in [2.05, 4.69) is 40.2 Å². The smallest absolute Gasteiger partial charge is 0.0603 e. The molecule has 88 valence electrons. The second-order valence-corrected chi connectivity index (χ2v) is 5.25. The first-order chi connectivity index (χ1) is 7.74. The molecule has 1 aromatic rings. The van der Waals surface area contributed by atoms with Crippen molar-refractivity contribution in [3.63, 3.8) is 0 Å². The number of halogens is 1. The summed E-state index contributed by atoms with van der Waals surface area (Å²) >= 11 is 3.42. The van der Waals surface area contributed by atoms with E-state index in [1.807, 2.05) is 0 Å². The van der Waals surface area contributed by atoms with Gasteiger partial charge in [0.1, 0.15) is 0 Å². The van der Waals surface area contributed by atoms with Crippen LogP contribution in [0.4, 0.5) is 0 Å². The maximum atomic E-state index is 9.53. The van der Waals surface area contributed by atoms with Crippen LogP contribution in [-0.2, 0) is 11.2 Å². The molecular formula is C13H17BrO2. The highest BCUT2D eigenvalue weighted by atomic mass is 79.9. The Morgan fingerprint density at radius 3 is 2.75 bits per heavy atom. The van der Waals surface area contributed by atoms with E-state index in [0.29, 0.717) is 6.61 Å². The lowest BCUT2D eigenvalue weighted by Gasteiger charge is -2.26. The van der Waals surface area contributed by atoms with Crippen molar-refractivity contribution in [3.8, 4) is 0 Å². The van der Waals surface area contributed by atoms with Crippen molar-refractivity contribution in [2.75, 3.05) is 6.61 Å². The number of aliphatic hydroxyl groups excluding tert-OH is 1. The van der Waals surface area contributed by atoms with Crippen molar-refractivity contribution in [1.29, 1.82) is 0 Å². The molecule has 1 aliphatic heterocycles. The predicted molar refractivity (Wildman–Crippen MR) is 67.4 cm³/mol. The topological polar surface area (TPSA) is 29.5 Å². The number of hydrogen-bond acceptors (Lipinski definition) is 2. The van der Waals surface area contributed by atoms with Gasteiger partial charge in [0.15, 0.2) is 0 Å². The van der Waals surface area contributed by atoms with Gasteiger partial charge in [0.25, 0.3) is 0 Å². The Kier molecular flexibility index (Phi) is 4.38. The van der Waals surface area contributed by atoms with Crippen LogP contribution in [0.1, 0.15) is 24.8 Å². The maximum absolute atomic E-state index is 9.53. The van der Waals surface area contributed by atoms with Crippen LogP contribution in [0.5, 0.6) is 0 Å². The molecule has 0 radical (unpaired) electrons. The molecule has 1 aromatic carbocycles. The summed E-state index contributed by atoms with van der Waals surface area (Å²) in [6.45, 7) is 0.701. The third-order valence-corrected chi connectivity index (χ3v) is 3.54. The normalized spacial score (nSPS) is 25.6. The molecule has 2 rings (SSSR count). The zero-order valence-corrected chi connectivity index (χ0v) is 10.8. The quantitative estimate of drug-likeness (QED) is 0.925. The molecule has 0 saturated carbocycles. The lowest BCUT2D eigenvalue weighted by atomic mass is 10.00. The van der Waals surface area contributed by atoms with E-state index in [4.69, 9.17) is 4.74 Å². The van der Waals surface area contributed by atoms with E-state index in [1.165, 1.54) is 5.56 Å². The van der Waals surface area contributed by atoms with Gasteiger partial charge in [-0.3, -0.25) is 0 Å². The van der Waals surface area contributed by atoms with Crippen LogP contribution in [-0.4, -0.2) is 23.9 Å². The van der Waals surface area contributed by atoms with Crippen LogP contribution in [0.15, 0.2) is 28.7 Å². The van der Waals surface area contributed by atoms with Crippen LogP contribution < -0.4 is 0 Å². The molecule has 0 amide bonds. The molecule has 0 aromatic heterocycles. The molecule has 2 nitrogen and oxygen atoms in total. The zero-order valence-electron chi connectivity index (χ0n) is 9.23. The van der Waals surface area contributed by atoms with Gasteiger partial charge >= 0.3 is 0 Å². The molecule has 2 atom stereocenters. The highest BCUT2D eigenvalue weighted by Crippen LogP contribution is 2.19. The second-order valence-electron chi connectivity index (χ2n) is 4.34. The van der Waals surface area contributed by atoms with E-state index in [0.717, 1.165) is 30.2 Å². The second kappa shape index (κ2) is 5.80. The number of rotatable bonds is 3. The Balaban J connectivity index is 1.80. The highest BCUT2D eigenvalue weighted by molar-refractivity contribution is 9.10. The standard InChI is InChI=1S/C13H17BrO2/c14-11-4-1-10(2-5-11)3-6-13-9-12(15)7-8-16-13/h1-2,4-5,12-13,15H,3,6-9H2. The first-order valence-corrected chi connectivity index (χ1v) is 6.57. The van der Waals surface area contributed by atoms with E-state index in [9.17, 15) is 5.11 Å². The Morgan fingerprint density at radius 2 is 2.06 bits per heavy atom. The summed E-state index contributed by atoms with van der Waals surface area (Å²) in [7, 11) is 0. The van der Waals surface area contributed by atoms with Crippen LogP contribution in [0.2, 0.25) is 0 Å². The average Bonchev–Trinajstić information content (AvgIpc) is 2.28. The van der Waals surface area contributed by atoms with Crippen molar-refractivity contribution in [2.45, 2.75) is 37.9 Å². The predicted octanol–water partition coefficient (Wildman–Crippen LogP) is 2.92. The summed E-state index contributed by atoms with van der Waals surface area (Å²) in [4.78, 5) is 0. The lowest BCUT2D eigenvalue weighted by molar-refractivity contribution is -0.0459. The number of aliphatic hydroxyl groups is 1. The van der Waals surface area contributed by atoms with E-state index < -0.39 is 0 Å². The third-order valence-electron chi connectivity index (χ3n) is 3.01. The molecule has 3 heteroatoms. The highest BCUT2D eigenvalue weighted by Gasteiger charge is 2.20.